The van der Waals surface area contributed by atoms with Crippen molar-refractivity contribution in [3.8, 4) is 5.75 Å². The average Bonchev–Trinajstić information content (AvgIpc) is 3.23. The maximum Gasteiger partial charge on any atom is 0.239 e. The highest BCUT2D eigenvalue weighted by molar-refractivity contribution is 6.14. The van der Waals surface area contributed by atoms with Crippen LogP contribution in [0.1, 0.15) is 26.7 Å². The Kier molecular flexibility index (Phi) is 5.87. The van der Waals surface area contributed by atoms with Crippen LogP contribution in [0.15, 0.2) is 48.5 Å². The maximum absolute atomic E-state index is 12.7. The van der Waals surface area contributed by atoms with E-state index in [0.29, 0.717) is 17.1 Å². The molecule has 28 heavy (non-hydrogen) atoms. The lowest BCUT2D eigenvalue weighted by Gasteiger charge is -2.23. The molecule has 2 amide bonds. The lowest BCUT2D eigenvalue weighted by Crippen LogP contribution is -2.41. The van der Waals surface area contributed by atoms with Crippen molar-refractivity contribution in [3.63, 3.8) is 0 Å². The average molecular weight is 381 g/mol. The molecule has 2 aromatic carbocycles. The van der Waals surface area contributed by atoms with E-state index < -0.39 is 5.41 Å². The molecule has 1 aliphatic heterocycles. The van der Waals surface area contributed by atoms with Gasteiger partial charge in [-0.1, -0.05) is 6.07 Å². The van der Waals surface area contributed by atoms with Crippen LogP contribution in [-0.4, -0.2) is 32.0 Å². The number of hydrogen-bond acceptors (Lipinski definition) is 4. The van der Waals surface area contributed by atoms with Gasteiger partial charge in [0.05, 0.1) is 7.11 Å². The molecule has 6 nitrogen and oxygen atoms in total. The van der Waals surface area contributed by atoms with E-state index in [1.807, 2.05) is 24.3 Å². The van der Waals surface area contributed by atoms with Crippen LogP contribution in [0, 0.1) is 5.41 Å². The highest BCUT2D eigenvalue weighted by Crippen LogP contribution is 2.25. The number of carbonyl (C=O) groups is 2. The molecular formula is C22H27N3O3. The van der Waals surface area contributed by atoms with Gasteiger partial charge in [0.1, 0.15) is 11.2 Å². The van der Waals surface area contributed by atoms with Crippen LogP contribution < -0.4 is 20.3 Å². The number of ether oxygens (including phenoxy) is 1. The highest BCUT2D eigenvalue weighted by atomic mass is 16.5. The largest absolute Gasteiger partial charge is 0.497 e. The molecule has 0 spiro atoms. The molecule has 1 aliphatic rings. The van der Waals surface area contributed by atoms with E-state index in [4.69, 9.17) is 4.74 Å². The van der Waals surface area contributed by atoms with Crippen molar-refractivity contribution in [1.29, 1.82) is 0 Å². The SMILES string of the molecule is COc1cccc(NC(=O)C(C)(C)C(=O)Nc2ccc(N3CCCC3)cc2)c1. The number of nitrogens with zero attached hydrogens (tertiary/aromatic N) is 1. The van der Waals surface area contributed by atoms with Gasteiger partial charge in [0.15, 0.2) is 0 Å². The maximum atomic E-state index is 12.7. The Hall–Kier alpha value is -3.02. The molecule has 0 unspecified atom stereocenters. The topological polar surface area (TPSA) is 70.7 Å². The van der Waals surface area contributed by atoms with Gasteiger partial charge in [-0.2, -0.15) is 0 Å². The number of benzene rings is 2. The van der Waals surface area contributed by atoms with E-state index in [1.165, 1.54) is 12.8 Å². The fourth-order valence-corrected chi connectivity index (χ4v) is 3.11. The van der Waals surface area contributed by atoms with E-state index in [2.05, 4.69) is 15.5 Å². The first-order chi connectivity index (χ1) is 13.4. The van der Waals surface area contributed by atoms with E-state index in [0.717, 1.165) is 18.8 Å². The van der Waals surface area contributed by atoms with Crippen molar-refractivity contribution in [2.75, 3.05) is 35.7 Å². The quantitative estimate of drug-likeness (QED) is 0.745. The Morgan fingerprint density at radius 2 is 1.54 bits per heavy atom. The molecule has 0 atom stereocenters. The van der Waals surface area contributed by atoms with Gasteiger partial charge < -0.3 is 20.3 Å². The van der Waals surface area contributed by atoms with Crippen molar-refractivity contribution in [1.82, 2.24) is 0 Å². The van der Waals surface area contributed by atoms with Gasteiger partial charge in [-0.15, -0.1) is 0 Å². The first-order valence-corrected chi connectivity index (χ1v) is 9.52. The van der Waals surface area contributed by atoms with Crippen molar-refractivity contribution in [3.05, 3.63) is 48.5 Å². The summed E-state index contributed by atoms with van der Waals surface area (Å²) in [6.07, 6.45) is 2.43. The minimum atomic E-state index is -1.24. The van der Waals surface area contributed by atoms with Gasteiger partial charge in [0.2, 0.25) is 11.8 Å². The Morgan fingerprint density at radius 1 is 0.929 bits per heavy atom. The van der Waals surface area contributed by atoms with Crippen LogP contribution in [0.5, 0.6) is 5.75 Å². The van der Waals surface area contributed by atoms with Gasteiger partial charge in [-0.3, -0.25) is 9.59 Å². The predicted molar refractivity (Wildman–Crippen MR) is 112 cm³/mol. The van der Waals surface area contributed by atoms with E-state index >= 15 is 0 Å². The number of nitrogens with one attached hydrogen (secondary N) is 2. The molecule has 0 radical (unpaired) electrons. The summed E-state index contributed by atoms with van der Waals surface area (Å²) < 4.78 is 5.16. The van der Waals surface area contributed by atoms with E-state index in [1.54, 1.807) is 45.2 Å². The third kappa shape index (κ3) is 4.44. The van der Waals surface area contributed by atoms with Gasteiger partial charge in [0, 0.05) is 36.2 Å². The van der Waals surface area contributed by atoms with Gasteiger partial charge in [-0.05, 0) is 63.1 Å². The van der Waals surface area contributed by atoms with E-state index in [9.17, 15) is 9.59 Å². The third-order valence-electron chi connectivity index (χ3n) is 5.06. The molecule has 0 bridgehead atoms. The molecular weight excluding hydrogens is 354 g/mol. The Labute approximate surface area is 165 Å². The van der Waals surface area contributed by atoms with Crippen molar-refractivity contribution < 1.29 is 14.3 Å². The Morgan fingerprint density at radius 3 is 2.14 bits per heavy atom. The second-order valence-electron chi connectivity index (χ2n) is 7.51. The number of carbonyl (C=O) groups excluding carboxylic acids is 2. The second kappa shape index (κ2) is 8.33. The smallest absolute Gasteiger partial charge is 0.239 e. The van der Waals surface area contributed by atoms with E-state index in [-0.39, 0.29) is 11.8 Å². The molecule has 0 aliphatic carbocycles. The zero-order chi connectivity index (χ0) is 20.1. The molecule has 3 rings (SSSR count). The molecule has 2 N–H and O–H groups in total. The molecule has 1 fully saturated rings. The number of amides is 2. The standard InChI is InChI=1S/C22H27N3O3/c1-22(2,21(27)24-17-7-6-8-19(15-17)28-3)20(26)23-16-9-11-18(12-10-16)25-13-4-5-14-25/h6-12,15H,4-5,13-14H2,1-3H3,(H,23,26)(H,24,27). The van der Waals surface area contributed by atoms with Gasteiger partial charge >= 0.3 is 0 Å². The van der Waals surface area contributed by atoms with Crippen molar-refractivity contribution in [2.24, 2.45) is 5.41 Å². The van der Waals surface area contributed by atoms with Gasteiger partial charge in [0.25, 0.3) is 0 Å². The monoisotopic (exact) mass is 381 g/mol. The van der Waals surface area contributed by atoms with Crippen LogP contribution >= 0.6 is 0 Å². The van der Waals surface area contributed by atoms with Crippen LogP contribution in [0.3, 0.4) is 0 Å². The first kappa shape index (κ1) is 19.7. The first-order valence-electron chi connectivity index (χ1n) is 9.52. The zero-order valence-electron chi connectivity index (χ0n) is 16.6. The summed E-state index contributed by atoms with van der Waals surface area (Å²) in [6.45, 7) is 5.36. The molecule has 148 valence electrons. The number of hydrogen-bond donors (Lipinski definition) is 2. The minimum Gasteiger partial charge on any atom is -0.497 e. The molecule has 2 aromatic rings. The Bertz CT molecular complexity index is 840. The van der Waals surface area contributed by atoms with Gasteiger partial charge in [-0.25, -0.2) is 0 Å². The number of anilines is 3. The molecule has 0 saturated carbocycles. The van der Waals surface area contributed by atoms with Crippen molar-refractivity contribution in [2.45, 2.75) is 26.7 Å². The summed E-state index contributed by atoms with van der Waals surface area (Å²) >= 11 is 0. The summed E-state index contributed by atoms with van der Waals surface area (Å²) in [5, 5.41) is 5.63. The second-order valence-corrected chi connectivity index (χ2v) is 7.51. The summed E-state index contributed by atoms with van der Waals surface area (Å²) in [4.78, 5) is 27.7. The highest BCUT2D eigenvalue weighted by Gasteiger charge is 2.36. The number of rotatable bonds is 6. The normalized spacial score (nSPS) is 13.9. The summed E-state index contributed by atoms with van der Waals surface area (Å²) in [5.41, 5.74) is 1.18. The zero-order valence-corrected chi connectivity index (χ0v) is 16.6. The summed E-state index contributed by atoms with van der Waals surface area (Å²) in [7, 11) is 1.56. The molecule has 1 heterocycles. The van der Waals surface area contributed by atoms with Crippen LogP contribution in [-0.2, 0) is 9.59 Å². The summed E-state index contributed by atoms with van der Waals surface area (Å²) in [5.74, 6) is -0.105. The van der Waals surface area contributed by atoms with Crippen LogP contribution in [0.4, 0.5) is 17.1 Å². The van der Waals surface area contributed by atoms with Crippen LogP contribution in [0.2, 0.25) is 0 Å². The Balaban J connectivity index is 1.63. The van der Waals surface area contributed by atoms with Crippen molar-refractivity contribution >= 4 is 28.9 Å². The summed E-state index contributed by atoms with van der Waals surface area (Å²) in [6, 6.07) is 14.8. The third-order valence-corrected chi connectivity index (χ3v) is 5.06. The fourth-order valence-electron chi connectivity index (χ4n) is 3.11. The lowest BCUT2D eigenvalue weighted by molar-refractivity contribution is -0.135. The fraction of sp³-hybridized carbons (Fsp3) is 0.364. The molecule has 0 aromatic heterocycles. The molecule has 1 saturated heterocycles. The van der Waals surface area contributed by atoms with Crippen LogP contribution in [0.25, 0.3) is 0 Å². The minimum absolute atomic E-state index is 0.359. The number of methoxy groups -OCH3 is 1. The predicted octanol–water partition coefficient (Wildman–Crippen LogP) is 3.90. The molecule has 6 heteroatoms. The lowest BCUT2D eigenvalue weighted by atomic mass is 9.90.